The largest absolute Gasteiger partial charge is 0.314 e. The molecular weight excluding hydrogens is 214 g/mol. The van der Waals surface area contributed by atoms with Crippen molar-refractivity contribution in [1.82, 2.24) is 15.0 Å². The van der Waals surface area contributed by atoms with E-state index in [1.807, 2.05) is 0 Å². The first-order chi connectivity index (χ1) is 6.84. The summed E-state index contributed by atoms with van der Waals surface area (Å²) >= 11 is 0. The smallest absolute Gasteiger partial charge is 0.249 e. The fraction of sp³-hybridized carbons (Fsp3) is 0.750. The van der Waals surface area contributed by atoms with E-state index < -0.39 is 24.2 Å². The lowest BCUT2D eigenvalue weighted by atomic mass is 9.76. The zero-order valence-corrected chi connectivity index (χ0v) is 7.92. The van der Waals surface area contributed by atoms with Crippen LogP contribution in [0, 0.1) is 12.8 Å². The highest BCUT2D eigenvalue weighted by molar-refractivity contribution is 5.03. The molecule has 1 aliphatic carbocycles. The van der Waals surface area contributed by atoms with Gasteiger partial charge in [-0.25, -0.2) is 4.68 Å². The highest BCUT2D eigenvalue weighted by atomic mass is 19.3. The number of halogens is 4. The second kappa shape index (κ2) is 2.93. The maximum Gasteiger partial charge on any atom is 0.314 e. The molecule has 3 nitrogen and oxygen atoms in total. The van der Waals surface area contributed by atoms with Gasteiger partial charge in [0.1, 0.15) is 0 Å². The molecule has 1 heterocycles. The Hall–Kier alpha value is -1.14. The van der Waals surface area contributed by atoms with Crippen molar-refractivity contribution in [2.24, 2.45) is 5.92 Å². The third-order valence-electron chi connectivity index (χ3n) is 2.71. The number of aromatic nitrogens is 3. The van der Waals surface area contributed by atoms with Gasteiger partial charge in [0.2, 0.25) is 0 Å². The van der Waals surface area contributed by atoms with Gasteiger partial charge in [-0.05, 0) is 6.92 Å². The van der Waals surface area contributed by atoms with E-state index in [9.17, 15) is 17.6 Å². The molecule has 2 rings (SSSR count). The maximum atomic E-state index is 12.9. The molecule has 0 spiro atoms. The molecule has 0 amide bonds. The number of hydrogen-bond donors (Lipinski definition) is 0. The van der Waals surface area contributed by atoms with Gasteiger partial charge in [0.05, 0.1) is 24.4 Å². The van der Waals surface area contributed by atoms with Crippen molar-refractivity contribution in [3.63, 3.8) is 0 Å². The Morgan fingerprint density at radius 2 is 2.13 bits per heavy atom. The van der Waals surface area contributed by atoms with Gasteiger partial charge in [0.25, 0.3) is 0 Å². The average molecular weight is 223 g/mol. The molecule has 15 heavy (non-hydrogen) atoms. The van der Waals surface area contributed by atoms with Crippen LogP contribution in [0.3, 0.4) is 0 Å². The normalized spacial score (nSPS) is 27.4. The molecule has 0 saturated heterocycles. The van der Waals surface area contributed by atoms with Crippen molar-refractivity contribution in [3.8, 4) is 0 Å². The van der Waals surface area contributed by atoms with E-state index >= 15 is 0 Å². The molecular formula is C8H9F4N3. The third kappa shape index (κ3) is 1.40. The summed E-state index contributed by atoms with van der Waals surface area (Å²) in [7, 11) is 0. The zero-order chi connectivity index (χ0) is 11.3. The fourth-order valence-corrected chi connectivity index (χ4v) is 1.62. The van der Waals surface area contributed by atoms with E-state index in [1.54, 1.807) is 6.92 Å². The fourth-order valence-electron chi connectivity index (χ4n) is 1.62. The molecule has 0 bridgehead atoms. The van der Waals surface area contributed by atoms with Crippen molar-refractivity contribution in [2.45, 2.75) is 31.7 Å². The third-order valence-corrected chi connectivity index (χ3v) is 2.71. The molecule has 1 saturated carbocycles. The first kappa shape index (κ1) is 10.4. The lowest BCUT2D eigenvalue weighted by Crippen LogP contribution is -2.59. The van der Waals surface area contributed by atoms with Crippen LogP contribution in [0.5, 0.6) is 0 Å². The number of rotatable bonds is 2. The molecule has 7 heteroatoms. The average Bonchev–Trinajstić information content (AvgIpc) is 2.51. The van der Waals surface area contributed by atoms with Crippen LogP contribution in [-0.2, 0) is 6.54 Å². The molecule has 1 atom stereocenters. The standard InChI is InChI=1S/C8H9F4N3/c1-5-3-13-14-15(5)4-6-2-7(9,10)8(6,11)12/h3,6H,2,4H2,1H3. The number of alkyl halides is 4. The van der Waals surface area contributed by atoms with Crippen molar-refractivity contribution in [2.75, 3.05) is 0 Å². The summed E-state index contributed by atoms with van der Waals surface area (Å²) in [4.78, 5) is 0. The molecule has 1 fully saturated rings. The predicted octanol–water partition coefficient (Wildman–Crippen LogP) is 1.88. The summed E-state index contributed by atoms with van der Waals surface area (Å²) < 4.78 is 52.0. The topological polar surface area (TPSA) is 30.7 Å². The molecule has 1 unspecified atom stereocenters. The van der Waals surface area contributed by atoms with Crippen LogP contribution in [0.25, 0.3) is 0 Å². The van der Waals surface area contributed by atoms with Gasteiger partial charge < -0.3 is 0 Å². The van der Waals surface area contributed by atoms with Crippen molar-refractivity contribution >= 4 is 0 Å². The van der Waals surface area contributed by atoms with E-state index in [-0.39, 0.29) is 6.54 Å². The second-order valence-corrected chi connectivity index (χ2v) is 3.79. The molecule has 1 aromatic rings. The van der Waals surface area contributed by atoms with Gasteiger partial charge in [-0.15, -0.1) is 5.10 Å². The van der Waals surface area contributed by atoms with E-state index in [0.717, 1.165) is 0 Å². The van der Waals surface area contributed by atoms with Crippen LogP contribution in [0.1, 0.15) is 12.1 Å². The molecule has 84 valence electrons. The summed E-state index contributed by atoms with van der Waals surface area (Å²) in [5, 5.41) is 7.04. The molecule has 0 N–H and O–H groups in total. The van der Waals surface area contributed by atoms with Gasteiger partial charge >= 0.3 is 11.8 Å². The zero-order valence-electron chi connectivity index (χ0n) is 7.92. The van der Waals surface area contributed by atoms with Crippen LogP contribution >= 0.6 is 0 Å². The summed E-state index contributed by atoms with van der Waals surface area (Å²) in [6.45, 7) is 1.42. The Morgan fingerprint density at radius 1 is 1.47 bits per heavy atom. The van der Waals surface area contributed by atoms with Gasteiger partial charge in [0, 0.05) is 6.42 Å². The Bertz CT molecular complexity index is 374. The minimum Gasteiger partial charge on any atom is -0.249 e. The van der Waals surface area contributed by atoms with E-state index in [2.05, 4.69) is 10.3 Å². The molecule has 0 radical (unpaired) electrons. The van der Waals surface area contributed by atoms with E-state index in [1.165, 1.54) is 10.9 Å². The van der Waals surface area contributed by atoms with Crippen LogP contribution in [0.4, 0.5) is 17.6 Å². The predicted molar refractivity (Wildman–Crippen MR) is 42.8 cm³/mol. The maximum absolute atomic E-state index is 12.9. The number of aryl methyl sites for hydroxylation is 1. The molecule has 1 aliphatic rings. The number of hydrogen-bond acceptors (Lipinski definition) is 2. The number of nitrogens with zero attached hydrogens (tertiary/aromatic N) is 3. The van der Waals surface area contributed by atoms with E-state index in [0.29, 0.717) is 5.69 Å². The molecule has 0 aromatic carbocycles. The van der Waals surface area contributed by atoms with Crippen molar-refractivity contribution < 1.29 is 17.6 Å². The molecule has 0 aliphatic heterocycles. The second-order valence-electron chi connectivity index (χ2n) is 3.79. The monoisotopic (exact) mass is 223 g/mol. The van der Waals surface area contributed by atoms with E-state index in [4.69, 9.17) is 0 Å². The lowest BCUT2D eigenvalue weighted by molar-refractivity contribution is -0.316. The Labute approximate surface area is 83.1 Å². The highest BCUT2D eigenvalue weighted by Crippen LogP contribution is 2.55. The molecule has 1 aromatic heterocycles. The lowest BCUT2D eigenvalue weighted by Gasteiger charge is -2.43. The summed E-state index contributed by atoms with van der Waals surface area (Å²) in [5.74, 6) is -9.15. The van der Waals surface area contributed by atoms with Crippen LogP contribution in [0.15, 0.2) is 6.20 Å². The highest BCUT2D eigenvalue weighted by Gasteiger charge is 2.71. The first-order valence-electron chi connectivity index (χ1n) is 4.45. The van der Waals surface area contributed by atoms with Gasteiger partial charge in [-0.1, -0.05) is 5.21 Å². The summed E-state index contributed by atoms with van der Waals surface area (Å²) in [5.41, 5.74) is 0.584. The van der Waals surface area contributed by atoms with Crippen LogP contribution < -0.4 is 0 Å². The van der Waals surface area contributed by atoms with Gasteiger partial charge in [-0.2, -0.15) is 17.6 Å². The van der Waals surface area contributed by atoms with Gasteiger partial charge in [-0.3, -0.25) is 0 Å². The Morgan fingerprint density at radius 3 is 2.53 bits per heavy atom. The van der Waals surface area contributed by atoms with Crippen LogP contribution in [0.2, 0.25) is 0 Å². The minimum absolute atomic E-state index is 0.214. The van der Waals surface area contributed by atoms with Crippen molar-refractivity contribution in [1.29, 1.82) is 0 Å². The van der Waals surface area contributed by atoms with Crippen molar-refractivity contribution in [3.05, 3.63) is 11.9 Å². The minimum atomic E-state index is -3.93. The van der Waals surface area contributed by atoms with Crippen LogP contribution in [-0.4, -0.2) is 26.8 Å². The summed E-state index contributed by atoms with van der Waals surface area (Å²) in [6.07, 6.45) is 0.605. The SMILES string of the molecule is Cc1cnnn1CC1CC(F)(F)C1(F)F. The summed E-state index contributed by atoms with van der Waals surface area (Å²) in [6, 6.07) is 0. The van der Waals surface area contributed by atoms with Gasteiger partial charge in [0.15, 0.2) is 0 Å². The Kier molecular flexibility index (Phi) is 2.03. The first-order valence-corrected chi connectivity index (χ1v) is 4.45. The quantitative estimate of drug-likeness (QED) is 0.716. The Balaban J connectivity index is 2.08.